The lowest BCUT2D eigenvalue weighted by Gasteiger charge is -2.19. The van der Waals surface area contributed by atoms with Gasteiger partial charge in [0.1, 0.15) is 0 Å². The highest BCUT2D eigenvalue weighted by molar-refractivity contribution is 6.00. The summed E-state index contributed by atoms with van der Waals surface area (Å²) in [5.41, 5.74) is 1.87. The molecule has 16 heavy (non-hydrogen) atoms. The first-order chi connectivity index (χ1) is 7.50. The van der Waals surface area contributed by atoms with Gasteiger partial charge in [0.05, 0.1) is 0 Å². The van der Waals surface area contributed by atoms with E-state index in [-0.39, 0.29) is 17.1 Å². The third-order valence-corrected chi connectivity index (χ3v) is 3.47. The molecule has 0 fully saturated rings. The SMILES string of the molecule is CC1C(=O)C(Cc2ccccn2)=CC1(C)C. The van der Waals surface area contributed by atoms with Gasteiger partial charge in [0, 0.05) is 24.2 Å². The normalized spacial score (nSPS) is 23.3. The molecule has 2 heteroatoms. The van der Waals surface area contributed by atoms with Gasteiger partial charge in [-0.1, -0.05) is 32.9 Å². The van der Waals surface area contributed by atoms with Crippen molar-refractivity contribution in [3.05, 3.63) is 41.7 Å². The average molecular weight is 215 g/mol. The van der Waals surface area contributed by atoms with Crippen molar-refractivity contribution < 1.29 is 4.79 Å². The lowest BCUT2D eigenvalue weighted by Crippen LogP contribution is -2.20. The molecule has 0 amide bonds. The Hall–Kier alpha value is -1.44. The number of allylic oxidation sites excluding steroid dienone is 2. The van der Waals surface area contributed by atoms with Crippen LogP contribution in [-0.4, -0.2) is 10.8 Å². The molecule has 1 aliphatic carbocycles. The van der Waals surface area contributed by atoms with Gasteiger partial charge in [-0.05, 0) is 23.1 Å². The first kappa shape index (κ1) is 11.1. The monoisotopic (exact) mass is 215 g/mol. The average Bonchev–Trinajstić information content (AvgIpc) is 2.44. The molecule has 1 aromatic heterocycles. The quantitative estimate of drug-likeness (QED) is 0.759. The van der Waals surface area contributed by atoms with E-state index in [0.29, 0.717) is 6.42 Å². The number of pyridine rings is 1. The molecule has 0 saturated heterocycles. The molecule has 0 saturated carbocycles. The predicted molar refractivity (Wildman–Crippen MR) is 64.0 cm³/mol. The topological polar surface area (TPSA) is 30.0 Å². The van der Waals surface area contributed by atoms with Crippen LogP contribution in [0.1, 0.15) is 26.5 Å². The summed E-state index contributed by atoms with van der Waals surface area (Å²) in [6.45, 7) is 6.23. The highest BCUT2D eigenvalue weighted by atomic mass is 16.1. The summed E-state index contributed by atoms with van der Waals surface area (Å²) in [4.78, 5) is 16.3. The number of Topliss-reactive ketones (excluding diaryl/α,β-unsaturated/α-hetero) is 1. The van der Waals surface area contributed by atoms with Crippen molar-refractivity contribution in [1.82, 2.24) is 4.98 Å². The van der Waals surface area contributed by atoms with E-state index in [2.05, 4.69) is 24.9 Å². The van der Waals surface area contributed by atoms with Crippen molar-refractivity contribution >= 4 is 5.78 Å². The molecular weight excluding hydrogens is 198 g/mol. The number of carbonyl (C=O) groups is 1. The van der Waals surface area contributed by atoms with Crippen LogP contribution in [0.15, 0.2) is 36.0 Å². The Bertz CT molecular complexity index is 431. The Morgan fingerprint density at radius 3 is 2.62 bits per heavy atom. The number of carbonyl (C=O) groups excluding carboxylic acids is 1. The molecule has 0 aliphatic heterocycles. The van der Waals surface area contributed by atoms with E-state index in [4.69, 9.17) is 0 Å². The molecule has 0 radical (unpaired) electrons. The lowest BCUT2D eigenvalue weighted by atomic mass is 9.83. The van der Waals surface area contributed by atoms with Gasteiger partial charge in [-0.15, -0.1) is 0 Å². The van der Waals surface area contributed by atoms with Gasteiger partial charge in [-0.3, -0.25) is 9.78 Å². The van der Waals surface area contributed by atoms with Gasteiger partial charge in [-0.25, -0.2) is 0 Å². The molecule has 1 aliphatic rings. The van der Waals surface area contributed by atoms with Crippen molar-refractivity contribution in [2.24, 2.45) is 11.3 Å². The molecule has 0 bridgehead atoms. The third-order valence-electron chi connectivity index (χ3n) is 3.47. The molecular formula is C14H17NO. The van der Waals surface area contributed by atoms with E-state index in [0.717, 1.165) is 11.3 Å². The molecule has 1 unspecified atom stereocenters. The highest BCUT2D eigenvalue weighted by Gasteiger charge is 2.37. The number of hydrogen-bond acceptors (Lipinski definition) is 2. The summed E-state index contributed by atoms with van der Waals surface area (Å²) in [5, 5.41) is 0. The van der Waals surface area contributed by atoms with Crippen molar-refractivity contribution in [3.63, 3.8) is 0 Å². The summed E-state index contributed by atoms with van der Waals surface area (Å²) >= 11 is 0. The fourth-order valence-corrected chi connectivity index (χ4v) is 2.10. The van der Waals surface area contributed by atoms with Crippen molar-refractivity contribution in [2.75, 3.05) is 0 Å². The molecule has 0 N–H and O–H groups in total. The highest BCUT2D eigenvalue weighted by Crippen LogP contribution is 2.38. The van der Waals surface area contributed by atoms with Gasteiger partial charge in [0.15, 0.2) is 5.78 Å². The smallest absolute Gasteiger partial charge is 0.162 e. The predicted octanol–water partition coefficient (Wildman–Crippen LogP) is 2.80. The maximum Gasteiger partial charge on any atom is 0.162 e. The standard InChI is InChI=1S/C14H17NO/c1-10-13(16)11(9-14(10,2)3)8-12-6-4-5-7-15-12/h4-7,9-10H,8H2,1-3H3. The first-order valence-corrected chi connectivity index (χ1v) is 5.66. The summed E-state index contributed by atoms with van der Waals surface area (Å²) in [5.74, 6) is 0.363. The fraction of sp³-hybridized carbons (Fsp3) is 0.429. The molecule has 1 heterocycles. The fourth-order valence-electron chi connectivity index (χ4n) is 2.10. The largest absolute Gasteiger partial charge is 0.294 e. The summed E-state index contributed by atoms with van der Waals surface area (Å²) < 4.78 is 0. The summed E-state index contributed by atoms with van der Waals surface area (Å²) in [6.07, 6.45) is 4.53. The van der Waals surface area contributed by atoms with Crippen LogP contribution in [0.3, 0.4) is 0 Å². The summed E-state index contributed by atoms with van der Waals surface area (Å²) in [7, 11) is 0. The second-order valence-electron chi connectivity index (χ2n) is 5.07. The minimum absolute atomic E-state index is 0.0127. The van der Waals surface area contributed by atoms with E-state index in [1.54, 1.807) is 6.20 Å². The van der Waals surface area contributed by atoms with Crippen LogP contribution in [0.2, 0.25) is 0 Å². The molecule has 1 atom stereocenters. The van der Waals surface area contributed by atoms with Crippen molar-refractivity contribution in [3.8, 4) is 0 Å². The molecule has 84 valence electrons. The van der Waals surface area contributed by atoms with Crippen LogP contribution in [0, 0.1) is 11.3 Å². The van der Waals surface area contributed by atoms with E-state index in [1.165, 1.54) is 0 Å². The Morgan fingerprint density at radius 1 is 1.38 bits per heavy atom. The third kappa shape index (κ3) is 1.92. The van der Waals surface area contributed by atoms with Gasteiger partial charge in [0.2, 0.25) is 0 Å². The van der Waals surface area contributed by atoms with Crippen LogP contribution < -0.4 is 0 Å². The van der Waals surface area contributed by atoms with Crippen LogP contribution in [0.4, 0.5) is 0 Å². The number of rotatable bonds is 2. The maximum absolute atomic E-state index is 12.0. The van der Waals surface area contributed by atoms with E-state index < -0.39 is 0 Å². The molecule has 1 aromatic rings. The van der Waals surface area contributed by atoms with Gasteiger partial charge < -0.3 is 0 Å². The van der Waals surface area contributed by atoms with Gasteiger partial charge in [-0.2, -0.15) is 0 Å². The zero-order chi connectivity index (χ0) is 11.8. The van der Waals surface area contributed by atoms with Gasteiger partial charge in [0.25, 0.3) is 0 Å². The maximum atomic E-state index is 12.0. The van der Waals surface area contributed by atoms with Crippen molar-refractivity contribution in [2.45, 2.75) is 27.2 Å². The molecule has 0 spiro atoms. The zero-order valence-electron chi connectivity index (χ0n) is 10.0. The minimum atomic E-state index is -0.0127. The summed E-state index contributed by atoms with van der Waals surface area (Å²) in [6, 6.07) is 5.81. The van der Waals surface area contributed by atoms with E-state index in [1.807, 2.05) is 25.1 Å². The number of ketones is 1. The first-order valence-electron chi connectivity index (χ1n) is 5.66. The minimum Gasteiger partial charge on any atom is -0.294 e. The lowest BCUT2D eigenvalue weighted by molar-refractivity contribution is -0.119. The molecule has 2 nitrogen and oxygen atoms in total. The number of aromatic nitrogens is 1. The zero-order valence-corrected chi connectivity index (χ0v) is 10.0. The molecule has 2 rings (SSSR count). The Morgan fingerprint density at radius 2 is 2.12 bits per heavy atom. The number of nitrogens with zero attached hydrogens (tertiary/aromatic N) is 1. The second-order valence-corrected chi connectivity index (χ2v) is 5.07. The van der Waals surface area contributed by atoms with E-state index >= 15 is 0 Å². The van der Waals surface area contributed by atoms with Crippen LogP contribution >= 0.6 is 0 Å². The number of hydrogen-bond donors (Lipinski definition) is 0. The van der Waals surface area contributed by atoms with Gasteiger partial charge >= 0.3 is 0 Å². The Labute approximate surface area is 96.4 Å². The Balaban J connectivity index is 2.21. The van der Waals surface area contributed by atoms with E-state index in [9.17, 15) is 4.79 Å². The van der Waals surface area contributed by atoms with Crippen LogP contribution in [0.25, 0.3) is 0 Å². The molecule has 0 aromatic carbocycles. The van der Waals surface area contributed by atoms with Crippen LogP contribution in [-0.2, 0) is 11.2 Å². The van der Waals surface area contributed by atoms with Crippen LogP contribution in [0.5, 0.6) is 0 Å². The Kier molecular flexibility index (Phi) is 2.66. The second kappa shape index (κ2) is 3.85. The van der Waals surface area contributed by atoms with Crippen molar-refractivity contribution in [1.29, 1.82) is 0 Å².